The number of nitrogens with zero attached hydrogens (tertiary/aromatic N) is 1. The molecule has 2 aromatic carbocycles. The van der Waals surface area contributed by atoms with Crippen molar-refractivity contribution in [2.75, 3.05) is 24.0 Å². The molecule has 1 amide bonds. The van der Waals surface area contributed by atoms with Gasteiger partial charge in [-0.1, -0.05) is 12.6 Å². The average molecular weight is 493 g/mol. The number of rotatable bonds is 10. The van der Waals surface area contributed by atoms with Gasteiger partial charge in [0.25, 0.3) is 5.91 Å². The molecule has 0 aliphatic heterocycles. The van der Waals surface area contributed by atoms with Crippen molar-refractivity contribution in [3.63, 3.8) is 0 Å². The zero-order chi connectivity index (χ0) is 26.2. The van der Waals surface area contributed by atoms with E-state index in [1.54, 1.807) is 24.3 Å². The van der Waals surface area contributed by atoms with Crippen LogP contribution in [0, 0.1) is 0 Å². The number of H-pyrrole nitrogens is 2. The lowest BCUT2D eigenvalue weighted by Gasteiger charge is -2.09. The Balaban J connectivity index is 1.63. The van der Waals surface area contributed by atoms with Crippen molar-refractivity contribution >= 4 is 51.7 Å². The second-order valence-electron chi connectivity index (χ2n) is 7.55. The average Bonchev–Trinajstić information content (AvgIpc) is 3.20. The number of ether oxygens (including phenoxy) is 2. The quantitative estimate of drug-likeness (QED) is 0.0830. The van der Waals surface area contributed by atoms with Gasteiger partial charge in [0, 0.05) is 18.2 Å². The van der Waals surface area contributed by atoms with Gasteiger partial charge in [-0.05, 0) is 43.3 Å². The summed E-state index contributed by atoms with van der Waals surface area (Å²) < 4.78 is 9.92. The van der Waals surface area contributed by atoms with Crippen LogP contribution in [0.4, 0.5) is 11.4 Å². The molecule has 4 N–H and O–H groups in total. The summed E-state index contributed by atoms with van der Waals surface area (Å²) in [7, 11) is 0. The summed E-state index contributed by atoms with van der Waals surface area (Å²) in [6.07, 6.45) is 0. The van der Waals surface area contributed by atoms with E-state index >= 15 is 0 Å². The fourth-order valence-electron chi connectivity index (χ4n) is 2.90. The van der Waals surface area contributed by atoms with Gasteiger partial charge in [-0.15, -0.1) is 0 Å². The number of benzene rings is 2. The molecule has 1 aromatic heterocycles. The van der Waals surface area contributed by atoms with Gasteiger partial charge in [0.2, 0.25) is 0 Å². The van der Waals surface area contributed by atoms with Gasteiger partial charge >= 0.3 is 17.6 Å². The third-order valence-corrected chi connectivity index (χ3v) is 4.62. The number of fused-ring (bicyclic) bond motifs is 1. The topological polar surface area (TPSA) is 172 Å². The van der Waals surface area contributed by atoms with Gasteiger partial charge in [-0.3, -0.25) is 15.0 Å². The highest BCUT2D eigenvalue weighted by Crippen LogP contribution is 2.15. The number of imidazole rings is 1. The standard InChI is InChI=1S/C24H23N5O7/c1-13(2)22(32)35-9-10-36-23(33)15-5-4-6-17(11-15)28-29-20(14(3)30)21(31)25-16-7-8-18-19(12-16)27-24(34)26-18/h4-8,11-12,28H,1,9-10H2,2-3H3,(H,25,31)(H2,26,27,34)/b29-20+. The van der Waals surface area contributed by atoms with Crippen LogP contribution in [-0.2, 0) is 23.9 Å². The number of aromatic nitrogens is 2. The fourth-order valence-corrected chi connectivity index (χ4v) is 2.90. The van der Waals surface area contributed by atoms with Crippen LogP contribution < -0.4 is 16.4 Å². The molecule has 0 aliphatic rings. The number of amides is 1. The van der Waals surface area contributed by atoms with E-state index in [9.17, 15) is 24.0 Å². The van der Waals surface area contributed by atoms with Crippen molar-refractivity contribution in [2.24, 2.45) is 5.10 Å². The zero-order valence-corrected chi connectivity index (χ0v) is 19.5. The predicted octanol–water partition coefficient (Wildman–Crippen LogP) is 2.13. The van der Waals surface area contributed by atoms with Gasteiger partial charge < -0.3 is 24.8 Å². The Morgan fingerprint density at radius 2 is 1.67 bits per heavy atom. The Morgan fingerprint density at radius 3 is 2.39 bits per heavy atom. The number of hydrogen-bond donors (Lipinski definition) is 4. The smallest absolute Gasteiger partial charge is 0.338 e. The molecule has 0 radical (unpaired) electrons. The molecule has 0 unspecified atom stereocenters. The summed E-state index contributed by atoms with van der Waals surface area (Å²) in [5, 5.41) is 6.44. The first-order valence-electron chi connectivity index (χ1n) is 10.6. The monoisotopic (exact) mass is 493 g/mol. The maximum Gasteiger partial charge on any atom is 0.338 e. The highest BCUT2D eigenvalue weighted by Gasteiger charge is 2.18. The molecule has 0 bridgehead atoms. The summed E-state index contributed by atoms with van der Waals surface area (Å²) in [6.45, 7) is 5.87. The fraction of sp³-hybridized carbons (Fsp3) is 0.167. The third-order valence-electron chi connectivity index (χ3n) is 4.62. The van der Waals surface area contributed by atoms with E-state index in [0.29, 0.717) is 22.4 Å². The Hall–Kier alpha value is -5.00. The number of nitrogens with one attached hydrogen (secondary N) is 4. The number of aromatic amines is 2. The van der Waals surface area contributed by atoms with Crippen molar-refractivity contribution in [3.05, 3.63) is 70.7 Å². The van der Waals surface area contributed by atoms with Crippen molar-refractivity contribution < 1.29 is 28.7 Å². The molecule has 186 valence electrons. The second-order valence-corrected chi connectivity index (χ2v) is 7.55. The molecule has 0 aliphatic carbocycles. The molecule has 3 rings (SSSR count). The van der Waals surface area contributed by atoms with Crippen LogP contribution in [0.5, 0.6) is 0 Å². The van der Waals surface area contributed by atoms with Crippen molar-refractivity contribution in [1.29, 1.82) is 0 Å². The van der Waals surface area contributed by atoms with E-state index in [1.165, 1.54) is 32.0 Å². The number of esters is 2. The summed E-state index contributed by atoms with van der Waals surface area (Å²) in [5.74, 6) is -2.62. The van der Waals surface area contributed by atoms with E-state index in [-0.39, 0.29) is 30.0 Å². The Labute approximate surface area is 204 Å². The minimum absolute atomic E-state index is 0.121. The predicted molar refractivity (Wildman–Crippen MR) is 132 cm³/mol. The number of hydrazone groups is 1. The van der Waals surface area contributed by atoms with Gasteiger partial charge in [-0.2, -0.15) is 5.10 Å². The summed E-state index contributed by atoms with van der Waals surface area (Å²) in [6, 6.07) is 10.7. The summed E-state index contributed by atoms with van der Waals surface area (Å²) >= 11 is 0. The van der Waals surface area contributed by atoms with E-state index in [4.69, 9.17) is 9.47 Å². The normalized spacial score (nSPS) is 11.0. The number of carbonyl (C=O) groups is 4. The zero-order valence-electron chi connectivity index (χ0n) is 19.5. The van der Waals surface area contributed by atoms with Crippen LogP contribution in [0.2, 0.25) is 0 Å². The van der Waals surface area contributed by atoms with Gasteiger partial charge in [0.1, 0.15) is 13.2 Å². The lowest BCUT2D eigenvalue weighted by Crippen LogP contribution is -2.29. The van der Waals surface area contributed by atoms with Crippen LogP contribution in [0.15, 0.2) is 64.5 Å². The van der Waals surface area contributed by atoms with Gasteiger partial charge in [0.15, 0.2) is 11.5 Å². The van der Waals surface area contributed by atoms with Crippen LogP contribution in [-0.4, -0.2) is 52.5 Å². The second kappa shape index (κ2) is 11.4. The molecule has 0 fully saturated rings. The van der Waals surface area contributed by atoms with Gasteiger partial charge in [-0.25, -0.2) is 14.4 Å². The molecule has 0 atom stereocenters. The molecule has 0 saturated carbocycles. The number of hydrogen-bond acceptors (Lipinski definition) is 9. The minimum atomic E-state index is -0.771. The van der Waals surface area contributed by atoms with E-state index in [0.717, 1.165) is 0 Å². The largest absolute Gasteiger partial charge is 0.459 e. The van der Waals surface area contributed by atoms with E-state index in [2.05, 4.69) is 32.4 Å². The van der Waals surface area contributed by atoms with Crippen LogP contribution >= 0.6 is 0 Å². The Kier molecular flexibility index (Phi) is 8.13. The molecular formula is C24H23N5O7. The van der Waals surface area contributed by atoms with Crippen LogP contribution in [0.1, 0.15) is 24.2 Å². The maximum absolute atomic E-state index is 12.6. The Bertz CT molecular complexity index is 1430. The summed E-state index contributed by atoms with van der Waals surface area (Å²) in [5.41, 5.74) is 3.89. The summed E-state index contributed by atoms with van der Waals surface area (Å²) in [4.78, 5) is 64.8. The Morgan fingerprint density at radius 1 is 0.944 bits per heavy atom. The first kappa shape index (κ1) is 25.6. The number of carbonyl (C=O) groups excluding carboxylic acids is 4. The molecule has 12 heteroatoms. The SMILES string of the molecule is C=C(C)C(=O)OCCOC(=O)c1cccc(N/N=C(\C(C)=O)C(=O)Nc2ccc3[nH]c(=O)[nH]c3c2)c1. The van der Waals surface area contributed by atoms with Crippen molar-refractivity contribution in [1.82, 2.24) is 9.97 Å². The molecule has 3 aromatic rings. The molecule has 36 heavy (non-hydrogen) atoms. The minimum Gasteiger partial charge on any atom is -0.459 e. The van der Waals surface area contributed by atoms with Gasteiger partial charge in [0.05, 0.1) is 22.3 Å². The highest BCUT2D eigenvalue weighted by atomic mass is 16.6. The molecule has 0 spiro atoms. The van der Waals surface area contributed by atoms with E-state index < -0.39 is 29.3 Å². The van der Waals surface area contributed by atoms with Crippen molar-refractivity contribution in [3.8, 4) is 0 Å². The highest BCUT2D eigenvalue weighted by molar-refractivity contribution is 6.67. The number of ketones is 1. The number of anilines is 2. The van der Waals surface area contributed by atoms with Crippen LogP contribution in [0.3, 0.4) is 0 Å². The molecule has 0 saturated heterocycles. The van der Waals surface area contributed by atoms with Crippen LogP contribution in [0.25, 0.3) is 11.0 Å². The van der Waals surface area contributed by atoms with E-state index in [1.807, 2.05) is 0 Å². The first-order valence-corrected chi connectivity index (χ1v) is 10.6. The lowest BCUT2D eigenvalue weighted by molar-refractivity contribution is -0.140. The first-order chi connectivity index (χ1) is 17.1. The molecule has 12 nitrogen and oxygen atoms in total. The lowest BCUT2D eigenvalue weighted by atomic mass is 10.2. The maximum atomic E-state index is 12.6. The third kappa shape index (κ3) is 6.76. The molecule has 1 heterocycles. The number of Topliss-reactive ketones (excluding diaryl/α,β-unsaturated/α-hetero) is 1. The molecular weight excluding hydrogens is 470 g/mol. The van der Waals surface area contributed by atoms with Crippen molar-refractivity contribution in [2.45, 2.75) is 13.8 Å².